The largest absolute Gasteiger partial charge is 0.378 e. The van der Waals surface area contributed by atoms with E-state index in [2.05, 4.69) is 5.32 Å². The Hall–Kier alpha value is -4.41. The first-order valence-electron chi connectivity index (χ1n) is 11.2. The van der Waals surface area contributed by atoms with Gasteiger partial charge in [0.2, 0.25) is 0 Å². The lowest BCUT2D eigenvalue weighted by Gasteiger charge is -2.13. The molecule has 180 valence electrons. The zero-order valence-corrected chi connectivity index (χ0v) is 20.9. The molecule has 4 rings (SSSR count). The lowest BCUT2D eigenvalue weighted by atomic mass is 10.0. The van der Waals surface area contributed by atoms with Gasteiger partial charge in [0, 0.05) is 11.3 Å². The molecule has 6 nitrogen and oxygen atoms in total. The molecule has 0 spiro atoms. The summed E-state index contributed by atoms with van der Waals surface area (Å²) in [5, 5.41) is 14.0. The highest BCUT2D eigenvalue weighted by Crippen LogP contribution is 2.32. The molecular weight excluding hydrogens is 472 g/mol. The van der Waals surface area contributed by atoms with Crippen LogP contribution in [0, 0.1) is 32.1 Å². The number of nitrogens with zero attached hydrogens (tertiary/aromatic N) is 1. The fourth-order valence-corrected chi connectivity index (χ4v) is 4.75. The summed E-state index contributed by atoms with van der Waals surface area (Å²) in [6, 6.07) is 24.3. The maximum Gasteiger partial charge on any atom is 0.339 e. The van der Waals surface area contributed by atoms with E-state index in [1.165, 1.54) is 24.3 Å². The van der Waals surface area contributed by atoms with Crippen molar-refractivity contribution in [2.24, 2.45) is 0 Å². The number of rotatable bonds is 6. The summed E-state index contributed by atoms with van der Waals surface area (Å²) in [5.74, 6) is -0.592. The highest BCUT2D eigenvalue weighted by molar-refractivity contribution is 7.87. The smallest absolute Gasteiger partial charge is 0.339 e. The molecule has 0 saturated heterocycles. The van der Waals surface area contributed by atoms with E-state index in [9.17, 15) is 18.5 Å². The molecule has 4 aromatic carbocycles. The minimum atomic E-state index is -4.15. The van der Waals surface area contributed by atoms with E-state index in [1.807, 2.05) is 51.1 Å². The molecule has 0 aliphatic rings. The number of carbonyl (C=O) groups excluding carboxylic acids is 1. The molecule has 0 aromatic heterocycles. The van der Waals surface area contributed by atoms with Crippen molar-refractivity contribution in [2.45, 2.75) is 25.7 Å². The van der Waals surface area contributed by atoms with Gasteiger partial charge in [0.15, 0.2) is 5.75 Å². The van der Waals surface area contributed by atoms with Crippen LogP contribution in [0.2, 0.25) is 0 Å². The van der Waals surface area contributed by atoms with Gasteiger partial charge in [-0.05, 0) is 67.4 Å². The van der Waals surface area contributed by atoms with E-state index in [-0.39, 0.29) is 16.2 Å². The summed E-state index contributed by atoms with van der Waals surface area (Å²) in [6.07, 6.45) is 1.36. The molecule has 0 aliphatic heterocycles. The van der Waals surface area contributed by atoms with E-state index in [4.69, 9.17) is 4.18 Å². The van der Waals surface area contributed by atoms with Crippen LogP contribution >= 0.6 is 0 Å². The highest BCUT2D eigenvalue weighted by atomic mass is 32.2. The van der Waals surface area contributed by atoms with Crippen LogP contribution < -0.4 is 9.50 Å². The van der Waals surface area contributed by atoms with Crippen LogP contribution in [0.1, 0.15) is 22.3 Å². The number of fused-ring (bicyclic) bond motifs is 1. The van der Waals surface area contributed by atoms with Gasteiger partial charge in [0.25, 0.3) is 5.91 Å². The maximum absolute atomic E-state index is 13.0. The van der Waals surface area contributed by atoms with Crippen LogP contribution in [0.25, 0.3) is 16.8 Å². The van der Waals surface area contributed by atoms with Crippen molar-refractivity contribution in [3.05, 3.63) is 107 Å². The Kier molecular flexibility index (Phi) is 6.91. The van der Waals surface area contributed by atoms with Crippen molar-refractivity contribution in [1.82, 2.24) is 0 Å². The number of nitrogens with one attached hydrogen (secondary N) is 1. The van der Waals surface area contributed by atoms with Crippen molar-refractivity contribution in [3.63, 3.8) is 0 Å². The number of amides is 1. The number of benzene rings is 4. The summed E-state index contributed by atoms with van der Waals surface area (Å²) in [4.78, 5) is 13.0. The first-order valence-corrected chi connectivity index (χ1v) is 12.6. The molecule has 0 atom stereocenters. The molecule has 0 saturated carbocycles. The van der Waals surface area contributed by atoms with Crippen molar-refractivity contribution in [2.75, 3.05) is 5.32 Å². The van der Waals surface area contributed by atoms with E-state index in [1.54, 1.807) is 36.4 Å². The second kappa shape index (κ2) is 10.1. The van der Waals surface area contributed by atoms with Crippen molar-refractivity contribution in [1.29, 1.82) is 5.26 Å². The topological polar surface area (TPSA) is 96.3 Å². The minimum absolute atomic E-state index is 0.00397. The fourth-order valence-electron chi connectivity index (χ4n) is 3.80. The molecule has 1 amide bonds. The summed E-state index contributed by atoms with van der Waals surface area (Å²) in [5.41, 5.74) is 3.53. The zero-order chi connectivity index (χ0) is 25.9. The van der Waals surface area contributed by atoms with E-state index in [0.29, 0.717) is 16.6 Å². The number of hydrogen-bond donors (Lipinski definition) is 1. The fraction of sp³-hybridized carbons (Fsp3) is 0.103. The minimum Gasteiger partial charge on any atom is -0.378 e. The second-order valence-electron chi connectivity index (χ2n) is 8.49. The standard InChI is InChI=1S/C29H24N2O4S/c1-19-8-12-24(13-9-19)36(33,34)35-28-15-11-22-6-4-5-7-25(22)26(28)17-23(18-30)29(32)31-27-14-10-20(2)16-21(27)3/h4-17H,1-3H3,(H,31,32)/b23-17+. The lowest BCUT2D eigenvalue weighted by Crippen LogP contribution is -2.15. The lowest BCUT2D eigenvalue weighted by molar-refractivity contribution is -0.112. The molecule has 36 heavy (non-hydrogen) atoms. The van der Waals surface area contributed by atoms with Crippen LogP contribution in [0.15, 0.2) is 89.3 Å². The molecule has 0 fully saturated rings. The number of carbonyl (C=O) groups is 1. The molecule has 0 aliphatic carbocycles. The Labute approximate surface area is 210 Å². The molecule has 7 heteroatoms. The third kappa shape index (κ3) is 5.29. The molecule has 0 radical (unpaired) electrons. The Morgan fingerprint density at radius 2 is 1.61 bits per heavy atom. The Morgan fingerprint density at radius 1 is 0.917 bits per heavy atom. The van der Waals surface area contributed by atoms with Gasteiger partial charge >= 0.3 is 10.1 Å². The van der Waals surface area contributed by atoms with E-state index in [0.717, 1.165) is 22.1 Å². The average molecular weight is 497 g/mol. The van der Waals surface area contributed by atoms with Crippen LogP contribution in [0.3, 0.4) is 0 Å². The van der Waals surface area contributed by atoms with Gasteiger partial charge in [0.05, 0.1) is 0 Å². The number of aryl methyl sites for hydroxylation is 3. The van der Waals surface area contributed by atoms with Crippen LogP contribution in [0.4, 0.5) is 5.69 Å². The van der Waals surface area contributed by atoms with Crippen molar-refractivity contribution >= 4 is 38.6 Å². The maximum atomic E-state index is 13.0. The normalized spacial score (nSPS) is 11.7. The summed E-state index contributed by atoms with van der Waals surface area (Å²) in [6.45, 7) is 5.67. The molecule has 0 unspecified atom stereocenters. The zero-order valence-electron chi connectivity index (χ0n) is 20.1. The third-order valence-electron chi connectivity index (χ3n) is 5.72. The molecular formula is C29H24N2O4S. The summed E-state index contributed by atoms with van der Waals surface area (Å²) in [7, 11) is -4.15. The summed E-state index contributed by atoms with van der Waals surface area (Å²) < 4.78 is 31.5. The predicted octanol–water partition coefficient (Wildman–Crippen LogP) is 6.08. The Bertz CT molecular complexity index is 1650. The van der Waals surface area contributed by atoms with Gasteiger partial charge in [0.1, 0.15) is 16.5 Å². The number of nitriles is 1. The second-order valence-corrected chi connectivity index (χ2v) is 10.0. The summed E-state index contributed by atoms with van der Waals surface area (Å²) >= 11 is 0. The van der Waals surface area contributed by atoms with E-state index < -0.39 is 16.0 Å². The molecule has 0 heterocycles. The molecule has 0 bridgehead atoms. The van der Waals surface area contributed by atoms with Gasteiger partial charge in [-0.15, -0.1) is 0 Å². The third-order valence-corrected chi connectivity index (χ3v) is 6.97. The first-order chi connectivity index (χ1) is 17.2. The van der Waals surface area contributed by atoms with Crippen LogP contribution in [-0.2, 0) is 14.9 Å². The van der Waals surface area contributed by atoms with Crippen molar-refractivity contribution in [3.8, 4) is 11.8 Å². The SMILES string of the molecule is Cc1ccc(S(=O)(=O)Oc2ccc3ccccc3c2/C=C(\C#N)C(=O)Nc2ccc(C)cc2C)cc1. The number of hydrogen-bond acceptors (Lipinski definition) is 5. The van der Waals surface area contributed by atoms with Crippen LogP contribution in [0.5, 0.6) is 5.75 Å². The van der Waals surface area contributed by atoms with Gasteiger partial charge < -0.3 is 9.50 Å². The van der Waals surface area contributed by atoms with E-state index >= 15 is 0 Å². The van der Waals surface area contributed by atoms with Gasteiger partial charge in [-0.3, -0.25) is 4.79 Å². The van der Waals surface area contributed by atoms with Crippen molar-refractivity contribution < 1.29 is 17.4 Å². The highest BCUT2D eigenvalue weighted by Gasteiger charge is 2.20. The van der Waals surface area contributed by atoms with Gasteiger partial charge in [-0.25, -0.2) is 0 Å². The molecule has 4 aromatic rings. The molecule has 1 N–H and O–H groups in total. The predicted molar refractivity (Wildman–Crippen MR) is 141 cm³/mol. The quantitative estimate of drug-likeness (QED) is 0.198. The number of anilines is 1. The van der Waals surface area contributed by atoms with Gasteiger partial charge in [-0.2, -0.15) is 13.7 Å². The van der Waals surface area contributed by atoms with Crippen LogP contribution in [-0.4, -0.2) is 14.3 Å². The Balaban J connectivity index is 1.78. The average Bonchev–Trinajstić information content (AvgIpc) is 2.85. The monoisotopic (exact) mass is 496 g/mol. The van der Waals surface area contributed by atoms with Gasteiger partial charge in [-0.1, -0.05) is 65.7 Å². The Morgan fingerprint density at radius 3 is 2.31 bits per heavy atom. The first kappa shape index (κ1) is 24.7.